The normalized spacial score (nSPS) is 14.8. The van der Waals surface area contributed by atoms with E-state index >= 15 is 0 Å². The molecule has 5 rings (SSSR count). The van der Waals surface area contributed by atoms with Gasteiger partial charge in [-0.05, 0) is 37.8 Å². The lowest BCUT2D eigenvalue weighted by molar-refractivity contribution is 0.434. The van der Waals surface area contributed by atoms with Gasteiger partial charge in [-0.25, -0.2) is 15.0 Å². The van der Waals surface area contributed by atoms with Crippen LogP contribution >= 0.6 is 0 Å². The van der Waals surface area contributed by atoms with Crippen molar-refractivity contribution in [3.63, 3.8) is 0 Å². The zero-order valence-corrected chi connectivity index (χ0v) is 17.4. The van der Waals surface area contributed by atoms with Crippen molar-refractivity contribution in [1.29, 1.82) is 0 Å². The molecule has 1 aromatic carbocycles. The van der Waals surface area contributed by atoms with E-state index in [-0.39, 0.29) is 17.5 Å². The summed E-state index contributed by atoms with van der Waals surface area (Å²) in [6, 6.07) is 9.11. The molecule has 3 aromatic heterocycles. The molecule has 1 aliphatic heterocycles. The number of benzene rings is 1. The fourth-order valence-corrected chi connectivity index (χ4v) is 3.75. The van der Waals surface area contributed by atoms with E-state index in [1.54, 1.807) is 6.20 Å². The first-order chi connectivity index (χ1) is 15.0. The van der Waals surface area contributed by atoms with Gasteiger partial charge < -0.3 is 9.32 Å². The molecule has 31 heavy (non-hydrogen) atoms. The van der Waals surface area contributed by atoms with Crippen molar-refractivity contribution in [3.05, 3.63) is 52.6 Å². The number of rotatable bonds is 4. The van der Waals surface area contributed by atoms with Gasteiger partial charge in [-0.1, -0.05) is 19.1 Å². The lowest BCUT2D eigenvalue weighted by Crippen LogP contribution is -2.34. The van der Waals surface area contributed by atoms with Crippen LogP contribution in [0.25, 0.3) is 22.4 Å². The molecule has 1 fully saturated rings. The van der Waals surface area contributed by atoms with Crippen molar-refractivity contribution in [2.45, 2.75) is 26.7 Å². The molecule has 0 saturated carbocycles. The number of hydrogen-bond donors (Lipinski definition) is 2. The van der Waals surface area contributed by atoms with Crippen LogP contribution < -0.4 is 15.8 Å². The molecule has 4 aromatic rings. The third-order valence-electron chi connectivity index (χ3n) is 5.57. The zero-order chi connectivity index (χ0) is 21.4. The first kappa shape index (κ1) is 19.2. The number of nitrogens with zero attached hydrogens (tertiary/aromatic N) is 5. The number of anilines is 3. The second-order valence-corrected chi connectivity index (χ2v) is 7.93. The van der Waals surface area contributed by atoms with Gasteiger partial charge >= 0.3 is 6.01 Å². The van der Waals surface area contributed by atoms with E-state index in [0.717, 1.165) is 49.0 Å². The molecule has 4 heterocycles. The van der Waals surface area contributed by atoms with Crippen molar-refractivity contribution < 1.29 is 4.42 Å². The average Bonchev–Trinajstić information content (AvgIpc) is 3.16. The Morgan fingerprint density at radius 1 is 1.16 bits per heavy atom. The summed E-state index contributed by atoms with van der Waals surface area (Å²) in [5.41, 5.74) is 3.04. The smallest absolute Gasteiger partial charge is 0.302 e. The fraction of sp³-hybridized carbons (Fsp3) is 0.318. The monoisotopic (exact) mass is 417 g/mol. The predicted molar refractivity (Wildman–Crippen MR) is 119 cm³/mol. The number of aromatic amines is 1. The Labute approximate surface area is 178 Å². The van der Waals surface area contributed by atoms with E-state index in [4.69, 9.17) is 4.42 Å². The standard InChI is InChI=1S/C22H23N7O2/c1-13-7-9-29(10-8-13)21-23-12-15(14(2)24-21)17-11-19(30)27-20(25-17)28-22-26-16-5-3-4-6-18(16)31-22/h3-6,11-13H,7-10H2,1-2H3,(H2,25,26,27,28,30). The summed E-state index contributed by atoms with van der Waals surface area (Å²) in [6.45, 7) is 6.10. The summed E-state index contributed by atoms with van der Waals surface area (Å²) in [7, 11) is 0. The summed E-state index contributed by atoms with van der Waals surface area (Å²) >= 11 is 0. The van der Waals surface area contributed by atoms with Crippen LogP contribution in [0.5, 0.6) is 0 Å². The third kappa shape index (κ3) is 3.98. The summed E-state index contributed by atoms with van der Waals surface area (Å²) in [5.74, 6) is 1.70. The van der Waals surface area contributed by atoms with Crippen LogP contribution in [-0.4, -0.2) is 38.0 Å². The van der Waals surface area contributed by atoms with Crippen molar-refractivity contribution in [2.24, 2.45) is 5.92 Å². The van der Waals surface area contributed by atoms with Crippen LogP contribution in [0.2, 0.25) is 0 Å². The molecular formula is C22H23N7O2. The van der Waals surface area contributed by atoms with Crippen molar-refractivity contribution >= 4 is 29.0 Å². The SMILES string of the molecule is Cc1nc(N2CCC(C)CC2)ncc1-c1cc(=O)[nH]c(Nc2nc3ccccc3o2)n1. The quantitative estimate of drug-likeness (QED) is 0.517. The first-order valence-electron chi connectivity index (χ1n) is 10.4. The Morgan fingerprint density at radius 3 is 2.74 bits per heavy atom. The summed E-state index contributed by atoms with van der Waals surface area (Å²) in [5, 5.41) is 2.94. The number of aryl methyl sites for hydroxylation is 1. The van der Waals surface area contributed by atoms with Gasteiger partial charge in [0, 0.05) is 30.9 Å². The highest BCUT2D eigenvalue weighted by Gasteiger charge is 2.19. The van der Waals surface area contributed by atoms with E-state index in [1.165, 1.54) is 6.07 Å². The predicted octanol–water partition coefficient (Wildman–Crippen LogP) is 3.66. The zero-order valence-electron chi connectivity index (χ0n) is 17.4. The molecule has 0 atom stereocenters. The molecule has 0 spiro atoms. The summed E-state index contributed by atoms with van der Waals surface area (Å²) < 4.78 is 5.66. The third-order valence-corrected chi connectivity index (χ3v) is 5.57. The van der Waals surface area contributed by atoms with Crippen molar-refractivity contribution in [3.8, 4) is 11.3 Å². The van der Waals surface area contributed by atoms with Crippen LogP contribution in [0.15, 0.2) is 45.7 Å². The summed E-state index contributed by atoms with van der Waals surface area (Å²) in [6.07, 6.45) is 4.02. The van der Waals surface area contributed by atoms with Crippen LogP contribution in [-0.2, 0) is 0 Å². The minimum absolute atomic E-state index is 0.238. The van der Waals surface area contributed by atoms with Crippen LogP contribution in [0.3, 0.4) is 0 Å². The maximum absolute atomic E-state index is 12.3. The number of aromatic nitrogens is 5. The number of hydrogen-bond acceptors (Lipinski definition) is 8. The number of nitrogens with one attached hydrogen (secondary N) is 2. The summed E-state index contributed by atoms with van der Waals surface area (Å²) in [4.78, 5) is 35.3. The first-order valence-corrected chi connectivity index (χ1v) is 10.4. The minimum atomic E-state index is -0.294. The molecule has 0 radical (unpaired) electrons. The van der Waals surface area contributed by atoms with Crippen LogP contribution in [0.1, 0.15) is 25.5 Å². The Balaban J connectivity index is 1.42. The maximum atomic E-state index is 12.3. The van der Waals surface area contributed by atoms with Crippen LogP contribution in [0.4, 0.5) is 17.9 Å². The molecular weight excluding hydrogens is 394 g/mol. The van der Waals surface area contributed by atoms with E-state index < -0.39 is 0 Å². The molecule has 0 unspecified atom stereocenters. The number of piperidine rings is 1. The van der Waals surface area contributed by atoms with Gasteiger partial charge in [0.15, 0.2) is 5.58 Å². The number of para-hydroxylation sites is 2. The highest BCUT2D eigenvalue weighted by atomic mass is 16.4. The molecule has 9 nitrogen and oxygen atoms in total. The molecule has 1 saturated heterocycles. The fourth-order valence-electron chi connectivity index (χ4n) is 3.75. The largest absolute Gasteiger partial charge is 0.423 e. The lowest BCUT2D eigenvalue weighted by atomic mass is 10.00. The number of oxazole rings is 1. The van der Waals surface area contributed by atoms with E-state index in [1.807, 2.05) is 31.2 Å². The molecule has 1 aliphatic rings. The van der Waals surface area contributed by atoms with Gasteiger partial charge in [0.2, 0.25) is 11.9 Å². The minimum Gasteiger partial charge on any atom is -0.423 e. The highest BCUT2D eigenvalue weighted by molar-refractivity contribution is 5.74. The van der Waals surface area contributed by atoms with Crippen molar-refractivity contribution in [2.75, 3.05) is 23.3 Å². The molecule has 0 amide bonds. The van der Waals surface area contributed by atoms with Crippen LogP contribution in [0, 0.1) is 12.8 Å². The number of H-pyrrole nitrogens is 1. The molecule has 0 bridgehead atoms. The molecule has 158 valence electrons. The van der Waals surface area contributed by atoms with Gasteiger partial charge in [0.25, 0.3) is 5.56 Å². The number of fused-ring (bicyclic) bond motifs is 1. The van der Waals surface area contributed by atoms with Crippen molar-refractivity contribution in [1.82, 2.24) is 24.9 Å². The Bertz CT molecular complexity index is 1260. The van der Waals surface area contributed by atoms with Gasteiger partial charge in [0.1, 0.15) is 5.52 Å². The molecule has 9 heteroatoms. The topological polar surface area (TPSA) is 113 Å². The van der Waals surface area contributed by atoms with Gasteiger partial charge in [-0.15, -0.1) is 0 Å². The van der Waals surface area contributed by atoms with E-state index in [2.05, 4.69) is 42.1 Å². The Hall–Kier alpha value is -3.75. The lowest BCUT2D eigenvalue weighted by Gasteiger charge is -2.30. The van der Waals surface area contributed by atoms with Gasteiger partial charge in [0.05, 0.1) is 11.4 Å². The van der Waals surface area contributed by atoms with E-state index in [0.29, 0.717) is 16.8 Å². The van der Waals surface area contributed by atoms with E-state index in [9.17, 15) is 4.79 Å². The Morgan fingerprint density at radius 2 is 1.97 bits per heavy atom. The molecule has 0 aliphatic carbocycles. The second kappa shape index (κ2) is 7.82. The highest BCUT2D eigenvalue weighted by Crippen LogP contribution is 2.25. The maximum Gasteiger partial charge on any atom is 0.302 e. The van der Waals surface area contributed by atoms with Gasteiger partial charge in [-0.2, -0.15) is 4.98 Å². The molecule has 2 N–H and O–H groups in total. The van der Waals surface area contributed by atoms with Gasteiger partial charge in [-0.3, -0.25) is 15.1 Å². The average molecular weight is 417 g/mol. The second-order valence-electron chi connectivity index (χ2n) is 7.93. The Kier molecular flexibility index (Phi) is 4.85.